The number of hydrogen-bond donors (Lipinski definition) is 3. The highest BCUT2D eigenvalue weighted by Crippen LogP contribution is 2.16. The van der Waals surface area contributed by atoms with Gasteiger partial charge in [-0.25, -0.2) is 0 Å². The lowest BCUT2D eigenvalue weighted by Crippen LogP contribution is -2.45. The molecule has 0 aliphatic carbocycles. The van der Waals surface area contributed by atoms with Crippen LogP contribution in [0.5, 0.6) is 0 Å². The second-order valence-electron chi connectivity index (χ2n) is 18.9. The molecule has 2 unspecified atom stereocenters. The van der Waals surface area contributed by atoms with Gasteiger partial charge in [-0.3, -0.25) is 9.59 Å². The van der Waals surface area contributed by atoms with Crippen LogP contribution >= 0.6 is 0 Å². The van der Waals surface area contributed by atoms with Crippen molar-refractivity contribution in [3.05, 3.63) is 36.5 Å². The minimum atomic E-state index is -0.843. The number of carbonyl (C=O) groups is 2. The third-order valence-electron chi connectivity index (χ3n) is 12.7. The number of hydrogen-bond acceptors (Lipinski definition) is 5. The lowest BCUT2D eigenvalue weighted by atomic mass is 10.0. The standard InChI is InChI=1S/C57H107NO5/c1-3-5-7-9-11-13-14-15-16-21-25-28-31-35-39-43-47-51-57(62)63-52-48-44-40-36-32-29-26-23-20-18-17-19-22-24-27-30-34-38-42-46-50-56(61)58-54(53-59)55(60)49-45-41-37-33-12-10-8-6-4-2/h11,13,15-16,45,49,54-55,59-60H,3-10,12,14,17-44,46-48,50-53H2,1-2H3,(H,58,61)/b13-11-,16-15-,49-45+. The second-order valence-corrected chi connectivity index (χ2v) is 18.9. The molecule has 0 aromatic rings. The van der Waals surface area contributed by atoms with E-state index in [0.717, 1.165) is 51.4 Å². The number of carbonyl (C=O) groups excluding carboxylic acids is 2. The predicted octanol–water partition coefficient (Wildman–Crippen LogP) is 16.9. The molecule has 0 fully saturated rings. The number of rotatable bonds is 51. The number of esters is 1. The van der Waals surface area contributed by atoms with Gasteiger partial charge in [0.2, 0.25) is 5.91 Å². The first kappa shape index (κ1) is 61.1. The Morgan fingerprint density at radius 2 is 0.794 bits per heavy atom. The van der Waals surface area contributed by atoms with Crippen molar-refractivity contribution in [1.82, 2.24) is 5.32 Å². The average molecular weight is 886 g/mol. The summed E-state index contributed by atoms with van der Waals surface area (Å²) in [6, 6.07) is -0.627. The van der Waals surface area contributed by atoms with Crippen molar-refractivity contribution < 1.29 is 24.5 Å². The smallest absolute Gasteiger partial charge is 0.305 e. The SMILES string of the molecule is CCCCC/C=C\C/C=C\CCCCCCCCCC(=O)OCCCCCCCCCCCCCCCCCCCCCCC(=O)NC(CO)C(O)/C=C/CCCCCCCCC. The Kier molecular flexibility index (Phi) is 51.1. The highest BCUT2D eigenvalue weighted by atomic mass is 16.5. The van der Waals surface area contributed by atoms with E-state index >= 15 is 0 Å². The first-order chi connectivity index (χ1) is 31.0. The zero-order valence-corrected chi connectivity index (χ0v) is 42.1. The lowest BCUT2D eigenvalue weighted by Gasteiger charge is -2.20. The summed E-state index contributed by atoms with van der Waals surface area (Å²) in [5.74, 6) is -0.0714. The van der Waals surface area contributed by atoms with Crippen LogP contribution in [0.3, 0.4) is 0 Å². The maximum Gasteiger partial charge on any atom is 0.305 e. The van der Waals surface area contributed by atoms with E-state index < -0.39 is 12.1 Å². The molecule has 0 bridgehead atoms. The third-order valence-corrected chi connectivity index (χ3v) is 12.7. The van der Waals surface area contributed by atoms with Gasteiger partial charge < -0.3 is 20.3 Å². The number of aliphatic hydroxyl groups excluding tert-OH is 2. The van der Waals surface area contributed by atoms with Crippen LogP contribution in [0.2, 0.25) is 0 Å². The fraction of sp³-hybridized carbons (Fsp3) is 0.860. The minimum Gasteiger partial charge on any atom is -0.466 e. The molecule has 0 aliphatic heterocycles. The summed E-state index contributed by atoms with van der Waals surface area (Å²) in [6.45, 7) is 4.84. The van der Waals surface area contributed by atoms with Gasteiger partial charge in [-0.15, -0.1) is 0 Å². The molecule has 0 saturated heterocycles. The zero-order chi connectivity index (χ0) is 45.8. The Morgan fingerprint density at radius 1 is 0.444 bits per heavy atom. The predicted molar refractivity (Wildman–Crippen MR) is 273 cm³/mol. The molecule has 0 saturated carbocycles. The van der Waals surface area contributed by atoms with E-state index in [1.807, 2.05) is 6.08 Å². The lowest BCUT2D eigenvalue weighted by molar-refractivity contribution is -0.143. The van der Waals surface area contributed by atoms with Gasteiger partial charge in [0.05, 0.1) is 25.4 Å². The van der Waals surface area contributed by atoms with Crippen molar-refractivity contribution >= 4 is 11.9 Å². The molecule has 2 atom stereocenters. The fourth-order valence-electron chi connectivity index (χ4n) is 8.37. The van der Waals surface area contributed by atoms with Crippen LogP contribution in [-0.4, -0.2) is 47.4 Å². The number of amides is 1. The van der Waals surface area contributed by atoms with E-state index in [2.05, 4.69) is 43.5 Å². The summed E-state index contributed by atoms with van der Waals surface area (Å²) < 4.78 is 5.48. The Bertz CT molecular complexity index is 1020. The summed E-state index contributed by atoms with van der Waals surface area (Å²) in [5.41, 5.74) is 0. The van der Waals surface area contributed by atoms with Gasteiger partial charge in [-0.2, -0.15) is 0 Å². The molecule has 6 heteroatoms. The average Bonchev–Trinajstić information content (AvgIpc) is 3.28. The van der Waals surface area contributed by atoms with Gasteiger partial charge in [0.25, 0.3) is 0 Å². The van der Waals surface area contributed by atoms with Gasteiger partial charge in [0.15, 0.2) is 0 Å². The minimum absolute atomic E-state index is 0.00157. The first-order valence-corrected chi connectivity index (χ1v) is 27.8. The van der Waals surface area contributed by atoms with E-state index in [1.165, 1.54) is 212 Å². The number of ether oxygens (including phenoxy) is 1. The Balaban J connectivity index is 3.38. The number of unbranched alkanes of at least 4 members (excludes halogenated alkanes) is 36. The summed E-state index contributed by atoms with van der Waals surface area (Å²) in [4.78, 5) is 24.4. The first-order valence-electron chi connectivity index (χ1n) is 27.8. The van der Waals surface area contributed by atoms with Gasteiger partial charge in [-0.1, -0.05) is 249 Å². The van der Waals surface area contributed by atoms with Crippen molar-refractivity contribution in [3.8, 4) is 0 Å². The maximum atomic E-state index is 12.4. The van der Waals surface area contributed by atoms with E-state index in [1.54, 1.807) is 6.08 Å². The monoisotopic (exact) mass is 886 g/mol. The third kappa shape index (κ3) is 49.4. The molecule has 370 valence electrons. The van der Waals surface area contributed by atoms with Crippen LogP contribution in [0.15, 0.2) is 36.5 Å². The molecule has 0 rings (SSSR count). The maximum absolute atomic E-state index is 12.4. The molecule has 6 nitrogen and oxygen atoms in total. The van der Waals surface area contributed by atoms with Gasteiger partial charge >= 0.3 is 5.97 Å². The fourth-order valence-corrected chi connectivity index (χ4v) is 8.37. The molecule has 0 radical (unpaired) electrons. The molecule has 0 aromatic heterocycles. The zero-order valence-electron chi connectivity index (χ0n) is 42.1. The van der Waals surface area contributed by atoms with Crippen molar-refractivity contribution in [2.75, 3.05) is 13.2 Å². The summed E-state index contributed by atoms with van der Waals surface area (Å²) in [7, 11) is 0. The second kappa shape index (κ2) is 52.7. The topological polar surface area (TPSA) is 95.9 Å². The van der Waals surface area contributed by atoms with Crippen LogP contribution in [0.1, 0.15) is 290 Å². The highest BCUT2D eigenvalue weighted by Gasteiger charge is 2.18. The molecule has 0 aromatic carbocycles. The van der Waals surface area contributed by atoms with Crippen LogP contribution in [-0.2, 0) is 14.3 Å². The number of allylic oxidation sites excluding steroid dienone is 5. The molecule has 0 spiro atoms. The van der Waals surface area contributed by atoms with Crippen molar-refractivity contribution in [1.29, 1.82) is 0 Å². The Labute approximate surface area is 392 Å². The molecular formula is C57H107NO5. The van der Waals surface area contributed by atoms with E-state index in [0.29, 0.717) is 19.4 Å². The molecular weight excluding hydrogens is 779 g/mol. The summed E-state index contributed by atoms with van der Waals surface area (Å²) in [5, 5.41) is 22.9. The molecule has 0 heterocycles. The Hall–Kier alpha value is -1.92. The summed E-state index contributed by atoms with van der Waals surface area (Å²) >= 11 is 0. The molecule has 1 amide bonds. The molecule has 0 aliphatic rings. The Morgan fingerprint density at radius 3 is 1.24 bits per heavy atom. The van der Waals surface area contributed by atoms with Crippen molar-refractivity contribution in [2.45, 2.75) is 302 Å². The normalized spacial score (nSPS) is 12.9. The van der Waals surface area contributed by atoms with Crippen molar-refractivity contribution in [2.24, 2.45) is 0 Å². The van der Waals surface area contributed by atoms with Crippen LogP contribution in [0.4, 0.5) is 0 Å². The molecule has 63 heavy (non-hydrogen) atoms. The number of aliphatic hydroxyl groups is 2. The van der Waals surface area contributed by atoms with Gasteiger partial charge in [0.1, 0.15) is 0 Å². The van der Waals surface area contributed by atoms with E-state index in [9.17, 15) is 19.8 Å². The van der Waals surface area contributed by atoms with Gasteiger partial charge in [0, 0.05) is 12.8 Å². The van der Waals surface area contributed by atoms with Gasteiger partial charge in [-0.05, 0) is 64.2 Å². The molecule has 3 N–H and O–H groups in total. The quantitative estimate of drug-likeness (QED) is 0.0321. The van der Waals surface area contributed by atoms with Crippen LogP contribution < -0.4 is 5.32 Å². The van der Waals surface area contributed by atoms with E-state index in [4.69, 9.17) is 4.74 Å². The number of nitrogens with one attached hydrogen (secondary N) is 1. The van der Waals surface area contributed by atoms with E-state index in [-0.39, 0.29) is 18.5 Å². The largest absolute Gasteiger partial charge is 0.466 e. The van der Waals surface area contributed by atoms with Crippen LogP contribution in [0.25, 0.3) is 0 Å². The van der Waals surface area contributed by atoms with Crippen LogP contribution in [0, 0.1) is 0 Å². The van der Waals surface area contributed by atoms with Crippen molar-refractivity contribution in [3.63, 3.8) is 0 Å². The summed E-state index contributed by atoms with van der Waals surface area (Å²) in [6.07, 6.45) is 64.5. The highest BCUT2D eigenvalue weighted by molar-refractivity contribution is 5.76.